The minimum absolute atomic E-state index is 0.165. The van der Waals surface area contributed by atoms with Crippen molar-refractivity contribution >= 4 is 23.0 Å². The van der Waals surface area contributed by atoms with E-state index < -0.39 is 0 Å². The number of nitrogens with zero attached hydrogens (tertiary/aromatic N) is 5. The first-order chi connectivity index (χ1) is 11.6. The van der Waals surface area contributed by atoms with Crippen molar-refractivity contribution in [2.45, 2.75) is 39.2 Å². The maximum absolute atomic E-state index is 13.0. The third kappa shape index (κ3) is 2.49. The van der Waals surface area contributed by atoms with E-state index in [0.717, 1.165) is 36.3 Å². The molecule has 3 aromatic rings. The van der Waals surface area contributed by atoms with Gasteiger partial charge in [-0.2, -0.15) is 10.1 Å². The zero-order valence-corrected chi connectivity index (χ0v) is 14.6. The van der Waals surface area contributed by atoms with Crippen LogP contribution in [0.3, 0.4) is 0 Å². The second kappa shape index (κ2) is 5.98. The molecule has 0 aliphatic carbocycles. The zero-order valence-electron chi connectivity index (χ0n) is 13.8. The highest BCUT2D eigenvalue weighted by Crippen LogP contribution is 2.35. The van der Waals surface area contributed by atoms with E-state index in [1.165, 1.54) is 11.2 Å². The van der Waals surface area contributed by atoms with Gasteiger partial charge in [0.1, 0.15) is 6.33 Å². The van der Waals surface area contributed by atoms with Crippen LogP contribution in [0.5, 0.6) is 0 Å². The number of rotatable bonds is 3. The standard InChI is InChI=1S/C17H19N5OS/c1-11-13(12(2)22-17(20-11)18-10-19-22)9-16(23)21-7-3-5-14(21)15-6-4-8-24-15/h4,6,8,10,14H,3,5,7,9H2,1-2H3/t14-/m0/s1. The molecule has 1 fully saturated rings. The fourth-order valence-electron chi connectivity index (χ4n) is 3.51. The molecule has 1 amide bonds. The highest BCUT2D eigenvalue weighted by Gasteiger charge is 2.31. The second-order valence-electron chi connectivity index (χ2n) is 6.17. The first-order valence-corrected chi connectivity index (χ1v) is 9.02. The fraction of sp³-hybridized carbons (Fsp3) is 0.412. The van der Waals surface area contributed by atoms with Crippen LogP contribution < -0.4 is 0 Å². The summed E-state index contributed by atoms with van der Waals surface area (Å²) in [5.41, 5.74) is 2.75. The van der Waals surface area contributed by atoms with E-state index in [0.29, 0.717) is 12.2 Å². The summed E-state index contributed by atoms with van der Waals surface area (Å²) in [6.45, 7) is 4.74. The van der Waals surface area contributed by atoms with Crippen molar-refractivity contribution in [3.05, 3.63) is 45.7 Å². The fourth-order valence-corrected chi connectivity index (χ4v) is 4.38. The summed E-state index contributed by atoms with van der Waals surface area (Å²) in [4.78, 5) is 24.9. The number of hydrogen-bond donors (Lipinski definition) is 0. The highest BCUT2D eigenvalue weighted by molar-refractivity contribution is 7.10. The molecular weight excluding hydrogens is 322 g/mol. The Labute approximate surface area is 144 Å². The lowest BCUT2D eigenvalue weighted by Gasteiger charge is -2.24. The molecule has 124 valence electrons. The summed E-state index contributed by atoms with van der Waals surface area (Å²) in [6, 6.07) is 4.40. The molecule has 0 spiro atoms. The summed E-state index contributed by atoms with van der Waals surface area (Å²) < 4.78 is 1.70. The quantitative estimate of drug-likeness (QED) is 0.735. The SMILES string of the molecule is Cc1nc2ncnn2c(C)c1CC(=O)N1CCC[C@H]1c1cccs1. The molecule has 0 N–H and O–H groups in total. The number of amides is 1. The maximum Gasteiger partial charge on any atom is 0.252 e. The smallest absolute Gasteiger partial charge is 0.252 e. The monoisotopic (exact) mass is 341 g/mol. The molecule has 0 aromatic carbocycles. The normalized spacial score (nSPS) is 17.8. The number of aryl methyl sites for hydroxylation is 2. The van der Waals surface area contributed by atoms with Crippen LogP contribution in [0.2, 0.25) is 0 Å². The van der Waals surface area contributed by atoms with Crippen molar-refractivity contribution in [3.8, 4) is 0 Å². The van der Waals surface area contributed by atoms with Gasteiger partial charge < -0.3 is 4.90 Å². The van der Waals surface area contributed by atoms with Crippen molar-refractivity contribution < 1.29 is 4.79 Å². The van der Waals surface area contributed by atoms with E-state index in [2.05, 4.69) is 32.6 Å². The first-order valence-electron chi connectivity index (χ1n) is 8.14. The average molecular weight is 341 g/mol. The molecule has 1 aliphatic rings. The summed E-state index contributed by atoms with van der Waals surface area (Å²) in [5.74, 6) is 0.747. The molecule has 0 radical (unpaired) electrons. The number of thiophene rings is 1. The maximum atomic E-state index is 13.0. The molecule has 7 heteroatoms. The summed E-state index contributed by atoms with van der Waals surface area (Å²) in [7, 11) is 0. The van der Waals surface area contributed by atoms with Gasteiger partial charge in [-0.05, 0) is 38.1 Å². The van der Waals surface area contributed by atoms with E-state index in [1.54, 1.807) is 15.9 Å². The molecule has 1 atom stereocenters. The lowest BCUT2D eigenvalue weighted by Crippen LogP contribution is -2.32. The number of hydrogen-bond acceptors (Lipinski definition) is 5. The number of carbonyl (C=O) groups excluding carboxylic acids is 1. The minimum atomic E-state index is 0.165. The van der Waals surface area contributed by atoms with E-state index in [1.807, 2.05) is 18.7 Å². The van der Waals surface area contributed by atoms with E-state index >= 15 is 0 Å². The summed E-state index contributed by atoms with van der Waals surface area (Å²) >= 11 is 1.73. The molecule has 4 heterocycles. The van der Waals surface area contributed by atoms with Crippen LogP contribution in [0.4, 0.5) is 0 Å². The third-order valence-electron chi connectivity index (χ3n) is 4.76. The lowest BCUT2D eigenvalue weighted by atomic mass is 10.1. The predicted molar refractivity (Wildman–Crippen MR) is 92.0 cm³/mol. The number of carbonyl (C=O) groups is 1. The Morgan fingerprint density at radius 1 is 1.42 bits per heavy atom. The summed E-state index contributed by atoms with van der Waals surface area (Å²) in [6.07, 6.45) is 3.97. The largest absolute Gasteiger partial charge is 0.335 e. The Kier molecular flexibility index (Phi) is 3.80. The van der Waals surface area contributed by atoms with Crippen molar-refractivity contribution in [1.82, 2.24) is 24.5 Å². The molecule has 3 aromatic heterocycles. The van der Waals surface area contributed by atoms with Gasteiger partial charge in [-0.3, -0.25) is 4.79 Å². The van der Waals surface area contributed by atoms with Crippen LogP contribution in [0, 0.1) is 13.8 Å². The van der Waals surface area contributed by atoms with Gasteiger partial charge in [0.05, 0.1) is 12.5 Å². The van der Waals surface area contributed by atoms with Gasteiger partial charge in [0.25, 0.3) is 5.78 Å². The van der Waals surface area contributed by atoms with E-state index in [-0.39, 0.29) is 11.9 Å². The molecule has 24 heavy (non-hydrogen) atoms. The topological polar surface area (TPSA) is 63.4 Å². The molecule has 6 nitrogen and oxygen atoms in total. The predicted octanol–water partition coefficient (Wildman–Crippen LogP) is 2.71. The molecule has 1 aliphatic heterocycles. The van der Waals surface area contributed by atoms with E-state index in [4.69, 9.17) is 0 Å². The molecule has 0 saturated carbocycles. The first kappa shape index (κ1) is 15.3. The van der Waals surface area contributed by atoms with Crippen molar-refractivity contribution in [1.29, 1.82) is 0 Å². The number of aromatic nitrogens is 4. The Morgan fingerprint density at radius 2 is 2.29 bits per heavy atom. The van der Waals surface area contributed by atoms with E-state index in [9.17, 15) is 4.79 Å². The van der Waals surface area contributed by atoms with Crippen LogP contribution in [-0.2, 0) is 11.2 Å². The van der Waals surface area contributed by atoms with Gasteiger partial charge in [0, 0.05) is 28.4 Å². The van der Waals surface area contributed by atoms with Gasteiger partial charge >= 0.3 is 0 Å². The second-order valence-corrected chi connectivity index (χ2v) is 7.15. The number of fused-ring (bicyclic) bond motifs is 1. The van der Waals surface area contributed by atoms with Crippen molar-refractivity contribution in [2.75, 3.05) is 6.54 Å². The van der Waals surface area contributed by atoms with Gasteiger partial charge in [0.2, 0.25) is 5.91 Å². The molecule has 0 bridgehead atoms. The van der Waals surface area contributed by atoms with Crippen molar-refractivity contribution in [2.24, 2.45) is 0 Å². The zero-order chi connectivity index (χ0) is 16.7. The van der Waals surface area contributed by atoms with Crippen LogP contribution in [-0.4, -0.2) is 36.9 Å². The Morgan fingerprint density at radius 3 is 3.08 bits per heavy atom. The van der Waals surface area contributed by atoms with Crippen LogP contribution in [0.1, 0.15) is 40.7 Å². The van der Waals surface area contributed by atoms with Crippen molar-refractivity contribution in [3.63, 3.8) is 0 Å². The van der Waals surface area contributed by atoms with Gasteiger partial charge in [0.15, 0.2) is 0 Å². The minimum Gasteiger partial charge on any atom is -0.335 e. The summed E-state index contributed by atoms with van der Waals surface area (Å²) in [5, 5.41) is 6.28. The van der Waals surface area contributed by atoms with Crippen LogP contribution >= 0.6 is 11.3 Å². The van der Waals surface area contributed by atoms with Crippen LogP contribution in [0.25, 0.3) is 5.78 Å². The Balaban J connectivity index is 1.62. The number of likely N-dealkylation sites (tertiary alicyclic amines) is 1. The lowest BCUT2D eigenvalue weighted by molar-refractivity contribution is -0.131. The molecular formula is C17H19N5OS. The van der Waals surface area contributed by atoms with Gasteiger partial charge in [-0.1, -0.05) is 6.07 Å². The Hall–Kier alpha value is -2.28. The van der Waals surface area contributed by atoms with Crippen LogP contribution in [0.15, 0.2) is 23.8 Å². The third-order valence-corrected chi connectivity index (χ3v) is 5.73. The van der Waals surface area contributed by atoms with Gasteiger partial charge in [-0.25, -0.2) is 9.50 Å². The molecule has 1 saturated heterocycles. The average Bonchev–Trinajstić information content (AvgIpc) is 3.30. The molecule has 4 rings (SSSR count). The Bertz CT molecular complexity index is 886. The molecule has 0 unspecified atom stereocenters. The highest BCUT2D eigenvalue weighted by atomic mass is 32.1. The van der Waals surface area contributed by atoms with Gasteiger partial charge in [-0.15, -0.1) is 11.3 Å².